The quantitative estimate of drug-likeness (QED) is 0.671. The highest BCUT2D eigenvalue weighted by Gasteiger charge is 2.50. The van der Waals surface area contributed by atoms with Gasteiger partial charge in [-0.15, -0.1) is 0 Å². The van der Waals surface area contributed by atoms with Crippen LogP contribution < -0.4 is 5.32 Å². The second-order valence-electron chi connectivity index (χ2n) is 5.41. The number of fused-ring (bicyclic) bond motifs is 1. The van der Waals surface area contributed by atoms with E-state index in [1.54, 1.807) is 0 Å². The second-order valence-corrected chi connectivity index (χ2v) is 5.41. The van der Waals surface area contributed by atoms with Gasteiger partial charge in [0.05, 0.1) is 6.54 Å². The van der Waals surface area contributed by atoms with Crippen molar-refractivity contribution in [3.8, 4) is 0 Å². The van der Waals surface area contributed by atoms with Gasteiger partial charge in [0.15, 0.2) is 0 Å². The maximum atomic E-state index is 4.50. The summed E-state index contributed by atoms with van der Waals surface area (Å²) in [5.74, 6) is 2.90. The average molecular weight is 190 g/mol. The molecule has 0 amide bonds. The van der Waals surface area contributed by atoms with E-state index in [1.165, 1.54) is 24.3 Å². The number of hydrogen-bond acceptors (Lipinski definition) is 2. The third-order valence-corrected chi connectivity index (χ3v) is 4.39. The van der Waals surface area contributed by atoms with E-state index in [1.807, 2.05) is 0 Å². The van der Waals surface area contributed by atoms with Crippen molar-refractivity contribution in [1.29, 1.82) is 0 Å². The lowest BCUT2D eigenvalue weighted by Crippen LogP contribution is -2.48. The van der Waals surface area contributed by atoms with Gasteiger partial charge in [-0.3, -0.25) is 4.99 Å². The first-order valence-corrected chi connectivity index (χ1v) is 5.67. The molecule has 1 fully saturated rings. The molecule has 1 N–H and O–H groups in total. The van der Waals surface area contributed by atoms with Crippen molar-refractivity contribution < 1.29 is 0 Å². The Labute approximate surface area is 85.5 Å². The fourth-order valence-electron chi connectivity index (χ4n) is 3.05. The molecule has 4 rings (SSSR count). The summed E-state index contributed by atoms with van der Waals surface area (Å²) in [6.07, 6.45) is 5.12. The Morgan fingerprint density at radius 3 is 2.86 bits per heavy atom. The van der Waals surface area contributed by atoms with Crippen LogP contribution in [0.15, 0.2) is 16.6 Å². The topological polar surface area (TPSA) is 24.4 Å². The van der Waals surface area contributed by atoms with Gasteiger partial charge in [-0.2, -0.15) is 0 Å². The molecule has 1 saturated carbocycles. The molecule has 0 unspecified atom stereocenters. The lowest BCUT2D eigenvalue weighted by Gasteiger charge is -2.55. The maximum absolute atomic E-state index is 4.50. The van der Waals surface area contributed by atoms with Crippen LogP contribution in [0, 0.1) is 17.3 Å². The standard InChI is InChI=1S/C12H18N2/c1-12(2)9-5-8(6-10(12)7-9)11-13-3-4-14-11/h5,9-10H,3-4,6-7H2,1-2H3,(H,13,14)/t9-,10+/m1/s1. The van der Waals surface area contributed by atoms with Crippen molar-refractivity contribution in [3.63, 3.8) is 0 Å². The average Bonchev–Trinajstić information content (AvgIpc) is 2.70. The molecule has 0 saturated heterocycles. The van der Waals surface area contributed by atoms with E-state index in [2.05, 4.69) is 30.2 Å². The van der Waals surface area contributed by atoms with Gasteiger partial charge in [-0.05, 0) is 35.7 Å². The fourth-order valence-corrected chi connectivity index (χ4v) is 3.05. The van der Waals surface area contributed by atoms with Crippen LogP contribution in [0.2, 0.25) is 0 Å². The van der Waals surface area contributed by atoms with Gasteiger partial charge < -0.3 is 5.32 Å². The fraction of sp³-hybridized carbons (Fsp3) is 0.750. The highest BCUT2D eigenvalue weighted by molar-refractivity contribution is 5.99. The van der Waals surface area contributed by atoms with Crippen molar-refractivity contribution in [2.24, 2.45) is 22.2 Å². The monoisotopic (exact) mass is 190 g/mol. The van der Waals surface area contributed by atoms with Crippen molar-refractivity contribution in [3.05, 3.63) is 11.6 Å². The lowest BCUT2D eigenvalue weighted by molar-refractivity contribution is 0.00106. The van der Waals surface area contributed by atoms with Crippen molar-refractivity contribution in [2.75, 3.05) is 13.1 Å². The molecule has 1 aliphatic heterocycles. The molecule has 76 valence electrons. The Morgan fingerprint density at radius 2 is 2.36 bits per heavy atom. The number of nitrogens with one attached hydrogen (secondary N) is 1. The molecule has 4 aliphatic rings. The summed E-state index contributed by atoms with van der Waals surface area (Å²) >= 11 is 0. The minimum absolute atomic E-state index is 0.558. The van der Waals surface area contributed by atoms with Crippen LogP contribution in [0.4, 0.5) is 0 Å². The summed E-state index contributed by atoms with van der Waals surface area (Å²) in [6, 6.07) is 0. The minimum Gasteiger partial charge on any atom is -0.368 e. The number of amidine groups is 1. The Bertz CT molecular complexity index is 325. The van der Waals surface area contributed by atoms with Crippen LogP contribution in [0.3, 0.4) is 0 Å². The molecule has 0 aromatic rings. The zero-order valence-electron chi connectivity index (χ0n) is 9.01. The summed E-state index contributed by atoms with van der Waals surface area (Å²) in [6.45, 7) is 6.81. The van der Waals surface area contributed by atoms with E-state index in [0.717, 1.165) is 24.9 Å². The van der Waals surface area contributed by atoms with Crippen LogP contribution in [-0.4, -0.2) is 18.9 Å². The van der Waals surface area contributed by atoms with E-state index >= 15 is 0 Å². The van der Waals surface area contributed by atoms with Gasteiger partial charge in [0.25, 0.3) is 0 Å². The zero-order valence-corrected chi connectivity index (χ0v) is 9.01. The highest BCUT2D eigenvalue weighted by atomic mass is 15.1. The predicted molar refractivity (Wildman–Crippen MR) is 58.4 cm³/mol. The number of hydrogen-bond donors (Lipinski definition) is 1. The third-order valence-electron chi connectivity index (χ3n) is 4.39. The normalized spacial score (nSPS) is 38.1. The molecule has 14 heavy (non-hydrogen) atoms. The van der Waals surface area contributed by atoms with E-state index in [0.29, 0.717) is 5.41 Å². The first-order valence-electron chi connectivity index (χ1n) is 5.67. The molecular weight excluding hydrogens is 172 g/mol. The van der Waals surface area contributed by atoms with Gasteiger partial charge in [-0.1, -0.05) is 19.9 Å². The smallest absolute Gasteiger partial charge is 0.123 e. The summed E-state index contributed by atoms with van der Waals surface area (Å²) in [4.78, 5) is 4.50. The number of allylic oxidation sites excluding steroid dienone is 1. The van der Waals surface area contributed by atoms with Crippen LogP contribution in [-0.2, 0) is 0 Å². The number of nitrogens with zero attached hydrogens (tertiary/aromatic N) is 1. The second kappa shape index (κ2) is 2.62. The van der Waals surface area contributed by atoms with Crippen LogP contribution in [0.1, 0.15) is 26.7 Å². The molecule has 2 atom stereocenters. The zero-order chi connectivity index (χ0) is 9.76. The number of aliphatic imine (C=N–C) groups is 1. The van der Waals surface area contributed by atoms with Gasteiger partial charge in [-0.25, -0.2) is 0 Å². The molecule has 0 spiro atoms. The Kier molecular flexibility index (Phi) is 1.59. The van der Waals surface area contributed by atoms with E-state index in [-0.39, 0.29) is 0 Å². The Morgan fingerprint density at radius 1 is 1.50 bits per heavy atom. The molecule has 2 bridgehead atoms. The first-order chi connectivity index (χ1) is 6.68. The largest absolute Gasteiger partial charge is 0.368 e. The third kappa shape index (κ3) is 0.999. The Hall–Kier alpha value is -0.790. The van der Waals surface area contributed by atoms with Crippen LogP contribution >= 0.6 is 0 Å². The summed E-state index contributed by atoms with van der Waals surface area (Å²) in [5, 5.41) is 3.38. The van der Waals surface area contributed by atoms with Gasteiger partial charge in [0.1, 0.15) is 5.84 Å². The first kappa shape index (κ1) is 8.51. The summed E-state index contributed by atoms with van der Waals surface area (Å²) in [5.41, 5.74) is 2.05. The predicted octanol–water partition coefficient (Wildman–Crippen LogP) is 1.98. The van der Waals surface area contributed by atoms with Crippen molar-refractivity contribution in [1.82, 2.24) is 5.32 Å². The molecule has 0 aromatic heterocycles. The molecule has 2 nitrogen and oxygen atoms in total. The van der Waals surface area contributed by atoms with Gasteiger partial charge in [0, 0.05) is 6.54 Å². The molecule has 1 heterocycles. The summed E-state index contributed by atoms with van der Waals surface area (Å²) in [7, 11) is 0. The Balaban J connectivity index is 1.85. The SMILES string of the molecule is CC1(C)[C@H]2CC(C3=NCCN3)=C[C@@H]1C2. The highest BCUT2D eigenvalue weighted by Crippen LogP contribution is 2.58. The van der Waals surface area contributed by atoms with Gasteiger partial charge in [0.2, 0.25) is 0 Å². The maximum Gasteiger partial charge on any atom is 0.123 e. The molecule has 2 heteroatoms. The van der Waals surface area contributed by atoms with Crippen LogP contribution in [0.5, 0.6) is 0 Å². The van der Waals surface area contributed by atoms with E-state index in [9.17, 15) is 0 Å². The lowest BCUT2D eigenvalue weighted by atomic mass is 9.50. The molecule has 3 aliphatic carbocycles. The molecular formula is C12H18N2. The summed E-state index contributed by atoms with van der Waals surface area (Å²) < 4.78 is 0. The molecule has 0 aromatic carbocycles. The molecule has 0 radical (unpaired) electrons. The number of rotatable bonds is 1. The minimum atomic E-state index is 0.558. The van der Waals surface area contributed by atoms with Crippen LogP contribution in [0.25, 0.3) is 0 Å². The van der Waals surface area contributed by atoms with Crippen molar-refractivity contribution in [2.45, 2.75) is 26.7 Å². The van der Waals surface area contributed by atoms with Crippen molar-refractivity contribution >= 4 is 5.84 Å². The van der Waals surface area contributed by atoms with E-state index in [4.69, 9.17) is 0 Å². The van der Waals surface area contributed by atoms with E-state index < -0.39 is 0 Å². The van der Waals surface area contributed by atoms with Gasteiger partial charge >= 0.3 is 0 Å².